The van der Waals surface area contributed by atoms with Crippen molar-refractivity contribution in [2.45, 2.75) is 50.0 Å². The van der Waals surface area contributed by atoms with Gasteiger partial charge < -0.3 is 24.6 Å². The molecule has 23 heavy (non-hydrogen) atoms. The Hall–Kier alpha value is -1.93. The number of rotatable bonds is 4. The number of ether oxygens (including phenoxy) is 1. The highest BCUT2D eigenvalue weighted by atomic mass is 16.6. The van der Waals surface area contributed by atoms with E-state index in [2.05, 4.69) is 20.0 Å². The number of aromatic nitrogens is 2. The number of carbonyl (C=O) groups is 1. The molecule has 0 radical (unpaired) electrons. The second kappa shape index (κ2) is 5.61. The first kappa shape index (κ1) is 14.6. The van der Waals surface area contributed by atoms with E-state index in [1.165, 1.54) is 0 Å². The molecule has 3 aliphatic heterocycles. The van der Waals surface area contributed by atoms with Gasteiger partial charge in [-0.15, -0.1) is 0 Å². The Morgan fingerprint density at radius 2 is 2.39 bits per heavy atom. The summed E-state index contributed by atoms with van der Waals surface area (Å²) in [5, 5.41) is 17.0. The highest BCUT2D eigenvalue weighted by molar-refractivity contribution is 6.39. The van der Waals surface area contributed by atoms with Crippen molar-refractivity contribution in [2.24, 2.45) is 5.16 Å². The van der Waals surface area contributed by atoms with Gasteiger partial charge in [-0.1, -0.05) is 5.16 Å². The molecule has 1 fully saturated rings. The fraction of sp³-hybridized carbons (Fsp3) is 0.667. The molecule has 4 heterocycles. The van der Waals surface area contributed by atoms with E-state index >= 15 is 0 Å². The normalized spacial score (nSPS) is 28.3. The standard InChI is InChI=1S/C15H20N4O4/c20-14(17-11-2-1-4-19-5-3-16-13(11)19)12-6-10(23-18-12)7-15(21)8-22-9-15/h3,5,10-11,21H,1-2,4,6-9H2,(H,17,20). The fourth-order valence-corrected chi connectivity index (χ4v) is 3.34. The number of aliphatic hydroxyl groups is 1. The lowest BCUT2D eigenvalue weighted by Crippen LogP contribution is -2.51. The lowest BCUT2D eigenvalue weighted by Gasteiger charge is -2.37. The molecule has 8 heteroatoms. The first-order valence-corrected chi connectivity index (χ1v) is 7.98. The third kappa shape index (κ3) is 2.84. The maximum absolute atomic E-state index is 12.4. The molecule has 0 saturated carbocycles. The number of hydrogen-bond donors (Lipinski definition) is 2. The Labute approximate surface area is 133 Å². The van der Waals surface area contributed by atoms with Gasteiger partial charge in [0.1, 0.15) is 23.2 Å². The number of hydrogen-bond acceptors (Lipinski definition) is 6. The lowest BCUT2D eigenvalue weighted by molar-refractivity contribution is -0.193. The molecule has 2 unspecified atom stereocenters. The quantitative estimate of drug-likeness (QED) is 0.822. The maximum Gasteiger partial charge on any atom is 0.269 e. The molecule has 1 aromatic heterocycles. The van der Waals surface area contributed by atoms with Crippen LogP contribution in [0.3, 0.4) is 0 Å². The number of aryl methyl sites for hydroxylation is 1. The number of amides is 1. The minimum atomic E-state index is -0.833. The van der Waals surface area contributed by atoms with Crippen LogP contribution in [0, 0.1) is 0 Å². The van der Waals surface area contributed by atoms with E-state index < -0.39 is 5.60 Å². The zero-order valence-corrected chi connectivity index (χ0v) is 12.8. The minimum Gasteiger partial charge on any atom is -0.392 e. The van der Waals surface area contributed by atoms with Crippen molar-refractivity contribution in [1.82, 2.24) is 14.9 Å². The van der Waals surface area contributed by atoms with Crippen molar-refractivity contribution in [1.29, 1.82) is 0 Å². The number of carbonyl (C=O) groups excluding carboxylic acids is 1. The van der Waals surface area contributed by atoms with Gasteiger partial charge in [-0.05, 0) is 12.8 Å². The molecule has 0 spiro atoms. The maximum atomic E-state index is 12.4. The van der Waals surface area contributed by atoms with Gasteiger partial charge in [0.25, 0.3) is 5.91 Å². The Bertz CT molecular complexity index is 637. The molecule has 0 bridgehead atoms. The molecule has 8 nitrogen and oxygen atoms in total. The van der Waals surface area contributed by atoms with Crippen LogP contribution in [0.4, 0.5) is 0 Å². The van der Waals surface area contributed by atoms with Crippen molar-refractivity contribution in [3.8, 4) is 0 Å². The van der Waals surface area contributed by atoms with E-state index in [-0.39, 0.29) is 18.1 Å². The van der Waals surface area contributed by atoms with E-state index in [4.69, 9.17) is 9.57 Å². The van der Waals surface area contributed by atoms with Gasteiger partial charge in [0.05, 0.1) is 19.3 Å². The Kier molecular flexibility index (Phi) is 3.57. The number of oxime groups is 1. The van der Waals surface area contributed by atoms with E-state index in [1.807, 2.05) is 6.20 Å². The monoisotopic (exact) mass is 320 g/mol. The molecule has 3 aliphatic rings. The number of fused-ring (bicyclic) bond motifs is 1. The lowest BCUT2D eigenvalue weighted by atomic mass is 9.92. The van der Waals surface area contributed by atoms with Crippen molar-refractivity contribution < 1.29 is 19.5 Å². The van der Waals surface area contributed by atoms with Gasteiger partial charge in [0.2, 0.25) is 0 Å². The molecule has 1 aromatic rings. The molecule has 0 aromatic carbocycles. The van der Waals surface area contributed by atoms with Gasteiger partial charge in [0, 0.05) is 31.8 Å². The smallest absolute Gasteiger partial charge is 0.269 e. The molecular weight excluding hydrogens is 300 g/mol. The summed E-state index contributed by atoms with van der Waals surface area (Å²) in [6.45, 7) is 1.58. The van der Waals surface area contributed by atoms with Crippen LogP contribution < -0.4 is 5.32 Å². The first-order valence-electron chi connectivity index (χ1n) is 7.98. The summed E-state index contributed by atoms with van der Waals surface area (Å²) in [6, 6.07) is -0.0859. The van der Waals surface area contributed by atoms with Crippen LogP contribution in [0.25, 0.3) is 0 Å². The third-order valence-corrected chi connectivity index (χ3v) is 4.60. The zero-order chi connectivity index (χ0) is 15.9. The summed E-state index contributed by atoms with van der Waals surface area (Å²) in [4.78, 5) is 22.0. The SMILES string of the molecule is O=C(NC1CCCn2ccnc21)C1=NOC(CC2(O)COC2)C1. The van der Waals surface area contributed by atoms with Gasteiger partial charge in [-0.2, -0.15) is 0 Å². The second-order valence-corrected chi connectivity index (χ2v) is 6.54. The molecule has 2 N–H and O–H groups in total. The summed E-state index contributed by atoms with van der Waals surface area (Å²) in [5.74, 6) is 0.674. The van der Waals surface area contributed by atoms with Gasteiger partial charge in [-0.25, -0.2) is 4.98 Å². The molecule has 124 valence electrons. The van der Waals surface area contributed by atoms with E-state index in [0.717, 1.165) is 25.2 Å². The largest absolute Gasteiger partial charge is 0.392 e. The zero-order valence-electron chi connectivity index (χ0n) is 12.8. The van der Waals surface area contributed by atoms with Crippen molar-refractivity contribution >= 4 is 11.6 Å². The Balaban J connectivity index is 1.34. The molecular formula is C15H20N4O4. The van der Waals surface area contributed by atoms with Crippen LogP contribution in [0.15, 0.2) is 17.5 Å². The summed E-state index contributed by atoms with van der Waals surface area (Å²) in [5.41, 5.74) is -0.456. The van der Waals surface area contributed by atoms with Gasteiger partial charge in [0.15, 0.2) is 0 Å². The Morgan fingerprint density at radius 1 is 1.52 bits per heavy atom. The topological polar surface area (TPSA) is 98.0 Å². The first-order chi connectivity index (χ1) is 11.1. The minimum absolute atomic E-state index is 0.0859. The van der Waals surface area contributed by atoms with Crippen LogP contribution >= 0.6 is 0 Å². The van der Waals surface area contributed by atoms with Crippen LogP contribution in [-0.2, 0) is 20.9 Å². The van der Waals surface area contributed by atoms with E-state index in [1.54, 1.807) is 6.20 Å². The summed E-state index contributed by atoms with van der Waals surface area (Å²) < 4.78 is 7.08. The summed E-state index contributed by atoms with van der Waals surface area (Å²) in [7, 11) is 0. The number of imidazole rings is 1. The van der Waals surface area contributed by atoms with E-state index in [0.29, 0.717) is 31.8 Å². The average molecular weight is 320 g/mol. The van der Waals surface area contributed by atoms with Crippen molar-refractivity contribution in [2.75, 3.05) is 13.2 Å². The fourth-order valence-electron chi connectivity index (χ4n) is 3.34. The average Bonchev–Trinajstić information content (AvgIpc) is 3.15. The summed E-state index contributed by atoms with van der Waals surface area (Å²) >= 11 is 0. The van der Waals surface area contributed by atoms with Gasteiger partial charge in [-0.3, -0.25) is 4.79 Å². The highest BCUT2D eigenvalue weighted by Gasteiger charge is 2.41. The Morgan fingerprint density at radius 3 is 3.17 bits per heavy atom. The molecule has 0 aliphatic carbocycles. The predicted molar refractivity (Wildman–Crippen MR) is 79.7 cm³/mol. The number of nitrogens with zero attached hydrogens (tertiary/aromatic N) is 3. The predicted octanol–water partition coefficient (Wildman–Crippen LogP) is 0.130. The highest BCUT2D eigenvalue weighted by Crippen LogP contribution is 2.28. The van der Waals surface area contributed by atoms with Crippen LogP contribution in [0.1, 0.15) is 37.5 Å². The van der Waals surface area contributed by atoms with Crippen LogP contribution in [-0.4, -0.2) is 51.2 Å². The second-order valence-electron chi connectivity index (χ2n) is 6.54. The molecule has 2 atom stereocenters. The van der Waals surface area contributed by atoms with Crippen LogP contribution in [0.5, 0.6) is 0 Å². The third-order valence-electron chi connectivity index (χ3n) is 4.60. The molecule has 1 amide bonds. The van der Waals surface area contributed by atoms with E-state index in [9.17, 15) is 9.90 Å². The van der Waals surface area contributed by atoms with Gasteiger partial charge >= 0.3 is 0 Å². The summed E-state index contributed by atoms with van der Waals surface area (Å²) in [6.07, 6.45) is 6.15. The van der Waals surface area contributed by atoms with Crippen molar-refractivity contribution in [3.63, 3.8) is 0 Å². The molecule has 4 rings (SSSR count). The molecule has 1 saturated heterocycles. The van der Waals surface area contributed by atoms with Crippen molar-refractivity contribution in [3.05, 3.63) is 18.2 Å². The van der Waals surface area contributed by atoms with Crippen LogP contribution in [0.2, 0.25) is 0 Å². The number of nitrogens with one attached hydrogen (secondary N) is 1.